The van der Waals surface area contributed by atoms with Gasteiger partial charge < -0.3 is 14.5 Å². The largest absolute Gasteiger partial charge is 0.462 e. The number of carbonyl (C=O) groups excluding carboxylic acids is 3. The highest BCUT2D eigenvalue weighted by atomic mass is 16.5. The molecule has 27 heavy (non-hydrogen) atoms. The van der Waals surface area contributed by atoms with Crippen molar-refractivity contribution in [2.75, 3.05) is 30.0 Å². The SMILES string of the molecule is CCOC(=O)c1ccccc1N(CCC(=O)N(C)c1ccccc1)C(C)=O. The summed E-state index contributed by atoms with van der Waals surface area (Å²) in [6.45, 7) is 3.55. The number of hydrogen-bond acceptors (Lipinski definition) is 4. The molecular formula is C21H24N2O4. The number of esters is 1. The minimum absolute atomic E-state index is 0.124. The first-order chi connectivity index (χ1) is 13.0. The summed E-state index contributed by atoms with van der Waals surface area (Å²) in [5.74, 6) is -0.866. The Kier molecular flexibility index (Phi) is 7.11. The molecule has 2 aromatic rings. The van der Waals surface area contributed by atoms with Crippen LogP contribution in [-0.2, 0) is 14.3 Å². The fourth-order valence-corrected chi connectivity index (χ4v) is 2.71. The van der Waals surface area contributed by atoms with Crippen LogP contribution < -0.4 is 9.80 Å². The number of anilines is 2. The second kappa shape index (κ2) is 9.52. The van der Waals surface area contributed by atoms with E-state index in [1.54, 1.807) is 43.1 Å². The van der Waals surface area contributed by atoms with E-state index in [1.165, 1.54) is 11.8 Å². The maximum absolute atomic E-state index is 12.5. The van der Waals surface area contributed by atoms with Crippen molar-refractivity contribution in [2.24, 2.45) is 0 Å². The Balaban J connectivity index is 2.16. The quantitative estimate of drug-likeness (QED) is 0.704. The Hall–Kier alpha value is -3.15. The normalized spacial score (nSPS) is 10.2. The van der Waals surface area contributed by atoms with E-state index in [0.717, 1.165) is 5.69 Å². The molecule has 0 unspecified atom stereocenters. The molecule has 2 amide bonds. The van der Waals surface area contributed by atoms with Crippen LogP contribution in [0.15, 0.2) is 54.6 Å². The molecule has 0 saturated heterocycles. The minimum Gasteiger partial charge on any atom is -0.462 e. The summed E-state index contributed by atoms with van der Waals surface area (Å²) in [5, 5.41) is 0. The lowest BCUT2D eigenvalue weighted by atomic mass is 10.1. The lowest BCUT2D eigenvalue weighted by molar-refractivity contribution is -0.118. The minimum atomic E-state index is -0.493. The molecular weight excluding hydrogens is 344 g/mol. The molecule has 0 atom stereocenters. The zero-order valence-electron chi connectivity index (χ0n) is 15.8. The topological polar surface area (TPSA) is 66.9 Å². The van der Waals surface area contributed by atoms with Gasteiger partial charge in [0, 0.05) is 32.6 Å². The molecule has 0 saturated carbocycles. The monoisotopic (exact) mass is 368 g/mol. The fourth-order valence-electron chi connectivity index (χ4n) is 2.71. The van der Waals surface area contributed by atoms with Crippen molar-refractivity contribution in [3.8, 4) is 0 Å². The maximum Gasteiger partial charge on any atom is 0.340 e. The summed E-state index contributed by atoms with van der Waals surface area (Å²) in [7, 11) is 1.70. The van der Waals surface area contributed by atoms with Gasteiger partial charge in [-0.05, 0) is 31.2 Å². The number of benzene rings is 2. The predicted octanol–water partition coefficient (Wildman–Crippen LogP) is 3.27. The van der Waals surface area contributed by atoms with Gasteiger partial charge in [0.05, 0.1) is 17.9 Å². The summed E-state index contributed by atoms with van der Waals surface area (Å²) in [6, 6.07) is 16.0. The van der Waals surface area contributed by atoms with Crippen molar-refractivity contribution in [3.63, 3.8) is 0 Å². The van der Waals surface area contributed by atoms with Crippen LogP contribution in [0.1, 0.15) is 30.6 Å². The molecule has 2 rings (SSSR count). The average Bonchev–Trinajstić information content (AvgIpc) is 2.68. The van der Waals surface area contributed by atoms with Crippen LogP contribution in [0.5, 0.6) is 0 Å². The van der Waals surface area contributed by atoms with Gasteiger partial charge in [0.25, 0.3) is 0 Å². The number of rotatable bonds is 7. The summed E-state index contributed by atoms with van der Waals surface area (Å²) in [6.07, 6.45) is 0.127. The molecule has 0 aliphatic heterocycles. The third-order valence-corrected chi connectivity index (χ3v) is 4.14. The highest BCUT2D eigenvalue weighted by Crippen LogP contribution is 2.22. The zero-order chi connectivity index (χ0) is 19.8. The molecule has 0 aromatic heterocycles. The molecule has 0 N–H and O–H groups in total. The molecule has 0 spiro atoms. The van der Waals surface area contributed by atoms with Crippen LogP contribution in [0.25, 0.3) is 0 Å². The van der Waals surface area contributed by atoms with E-state index in [-0.39, 0.29) is 31.4 Å². The first-order valence-electron chi connectivity index (χ1n) is 8.81. The van der Waals surface area contributed by atoms with Gasteiger partial charge in [-0.2, -0.15) is 0 Å². The van der Waals surface area contributed by atoms with Gasteiger partial charge in [-0.3, -0.25) is 9.59 Å². The smallest absolute Gasteiger partial charge is 0.340 e. The van der Waals surface area contributed by atoms with E-state index >= 15 is 0 Å². The van der Waals surface area contributed by atoms with Crippen molar-refractivity contribution >= 4 is 29.2 Å². The molecule has 0 aliphatic carbocycles. The predicted molar refractivity (Wildman–Crippen MR) is 105 cm³/mol. The summed E-state index contributed by atoms with van der Waals surface area (Å²) in [5.41, 5.74) is 1.53. The summed E-state index contributed by atoms with van der Waals surface area (Å²) >= 11 is 0. The third-order valence-electron chi connectivity index (χ3n) is 4.14. The molecule has 0 fully saturated rings. The van der Waals surface area contributed by atoms with Gasteiger partial charge in [0.1, 0.15) is 0 Å². The van der Waals surface area contributed by atoms with E-state index < -0.39 is 5.97 Å². The first-order valence-corrected chi connectivity index (χ1v) is 8.81. The van der Waals surface area contributed by atoms with Gasteiger partial charge in [0.15, 0.2) is 0 Å². The Bertz CT molecular complexity index is 805. The van der Waals surface area contributed by atoms with Gasteiger partial charge in [-0.25, -0.2) is 4.79 Å². The number of nitrogens with zero attached hydrogens (tertiary/aromatic N) is 2. The second-order valence-electron chi connectivity index (χ2n) is 5.95. The molecule has 6 heteroatoms. The first kappa shape index (κ1) is 20.2. The molecule has 0 aliphatic rings. The van der Waals surface area contributed by atoms with Gasteiger partial charge in [-0.1, -0.05) is 30.3 Å². The van der Waals surface area contributed by atoms with Crippen LogP contribution in [0.4, 0.5) is 11.4 Å². The van der Waals surface area contributed by atoms with Crippen molar-refractivity contribution in [2.45, 2.75) is 20.3 Å². The van der Waals surface area contributed by atoms with Crippen LogP contribution in [0.3, 0.4) is 0 Å². The van der Waals surface area contributed by atoms with Gasteiger partial charge in [0.2, 0.25) is 11.8 Å². The Morgan fingerprint density at radius 3 is 2.22 bits per heavy atom. The van der Waals surface area contributed by atoms with E-state index in [4.69, 9.17) is 4.74 Å². The average molecular weight is 368 g/mol. The number of para-hydroxylation sites is 2. The standard InChI is InChI=1S/C21H24N2O4/c1-4-27-21(26)18-12-8-9-13-19(18)23(16(2)24)15-14-20(25)22(3)17-10-6-5-7-11-17/h5-13H,4,14-15H2,1-3H3. The van der Waals surface area contributed by atoms with Crippen LogP contribution >= 0.6 is 0 Å². The molecule has 6 nitrogen and oxygen atoms in total. The van der Waals surface area contributed by atoms with E-state index in [2.05, 4.69) is 0 Å². The van der Waals surface area contributed by atoms with Crippen molar-refractivity contribution in [3.05, 3.63) is 60.2 Å². The van der Waals surface area contributed by atoms with Crippen LogP contribution in [-0.4, -0.2) is 38.0 Å². The molecule has 0 bridgehead atoms. The number of ether oxygens (including phenoxy) is 1. The number of amides is 2. The van der Waals surface area contributed by atoms with Crippen LogP contribution in [0, 0.1) is 0 Å². The van der Waals surface area contributed by atoms with Crippen molar-refractivity contribution in [1.82, 2.24) is 0 Å². The Labute approximate surface area is 159 Å². The molecule has 142 valence electrons. The number of hydrogen-bond donors (Lipinski definition) is 0. The summed E-state index contributed by atoms with van der Waals surface area (Å²) in [4.78, 5) is 39.9. The lowest BCUT2D eigenvalue weighted by Gasteiger charge is -2.24. The third kappa shape index (κ3) is 5.17. The Morgan fingerprint density at radius 2 is 1.59 bits per heavy atom. The van der Waals surface area contributed by atoms with Gasteiger partial charge >= 0.3 is 5.97 Å². The second-order valence-corrected chi connectivity index (χ2v) is 5.95. The van der Waals surface area contributed by atoms with E-state index in [1.807, 2.05) is 30.3 Å². The zero-order valence-corrected chi connectivity index (χ0v) is 15.8. The van der Waals surface area contributed by atoms with Crippen LogP contribution in [0.2, 0.25) is 0 Å². The van der Waals surface area contributed by atoms with Crippen molar-refractivity contribution in [1.29, 1.82) is 0 Å². The molecule has 0 heterocycles. The van der Waals surface area contributed by atoms with E-state index in [9.17, 15) is 14.4 Å². The molecule has 2 aromatic carbocycles. The van der Waals surface area contributed by atoms with Crippen molar-refractivity contribution < 1.29 is 19.1 Å². The summed E-state index contributed by atoms with van der Waals surface area (Å²) < 4.78 is 5.07. The van der Waals surface area contributed by atoms with Gasteiger partial charge in [-0.15, -0.1) is 0 Å². The fraction of sp³-hybridized carbons (Fsp3) is 0.286. The lowest BCUT2D eigenvalue weighted by Crippen LogP contribution is -2.35. The Morgan fingerprint density at radius 1 is 0.963 bits per heavy atom. The van der Waals surface area contributed by atoms with E-state index in [0.29, 0.717) is 11.3 Å². The molecule has 0 radical (unpaired) electrons. The number of carbonyl (C=O) groups is 3. The highest BCUT2D eigenvalue weighted by Gasteiger charge is 2.21. The maximum atomic E-state index is 12.5. The highest BCUT2D eigenvalue weighted by molar-refractivity contribution is 6.02.